The van der Waals surface area contributed by atoms with Crippen LogP contribution < -0.4 is 4.90 Å². The Labute approximate surface area is 180 Å². The average Bonchev–Trinajstić information content (AvgIpc) is 3.06. The Morgan fingerprint density at radius 3 is 2.26 bits per heavy atom. The summed E-state index contributed by atoms with van der Waals surface area (Å²) in [6.45, 7) is 1.49. The molecule has 8 nitrogen and oxygen atoms in total. The van der Waals surface area contributed by atoms with E-state index < -0.39 is 17.6 Å². The van der Waals surface area contributed by atoms with E-state index in [2.05, 4.69) is 4.90 Å². The van der Waals surface area contributed by atoms with Gasteiger partial charge in [0.1, 0.15) is 5.54 Å². The van der Waals surface area contributed by atoms with Gasteiger partial charge in [0.25, 0.3) is 0 Å². The number of methoxy groups -OCH3 is 1. The molecule has 2 saturated heterocycles. The van der Waals surface area contributed by atoms with Crippen LogP contribution in [0.4, 0.5) is 10.5 Å². The zero-order valence-corrected chi connectivity index (χ0v) is 17.4. The van der Waals surface area contributed by atoms with Crippen molar-refractivity contribution in [3.05, 3.63) is 65.7 Å². The number of carbonyl (C=O) groups is 3. The largest absolute Gasteiger partial charge is 0.465 e. The molecular formula is C23H25N3O5. The number of nitrogens with zero attached hydrogens (tertiary/aromatic N) is 3. The molecule has 1 N–H and O–H groups in total. The third-order valence-corrected chi connectivity index (χ3v) is 6.19. The summed E-state index contributed by atoms with van der Waals surface area (Å²) in [5.41, 5.74) is 1.57. The van der Waals surface area contributed by atoms with Crippen LogP contribution in [0.1, 0.15) is 28.8 Å². The molecule has 0 saturated carbocycles. The Kier molecular flexibility index (Phi) is 5.54. The second kappa shape index (κ2) is 8.29. The number of benzene rings is 2. The van der Waals surface area contributed by atoms with E-state index in [0.717, 1.165) is 11.3 Å². The van der Waals surface area contributed by atoms with Crippen molar-refractivity contribution in [2.24, 2.45) is 0 Å². The molecule has 2 aliphatic heterocycles. The van der Waals surface area contributed by atoms with Crippen molar-refractivity contribution in [1.82, 2.24) is 9.80 Å². The predicted molar refractivity (Wildman–Crippen MR) is 114 cm³/mol. The van der Waals surface area contributed by atoms with Crippen LogP contribution >= 0.6 is 0 Å². The van der Waals surface area contributed by atoms with Gasteiger partial charge in [0.05, 0.1) is 19.3 Å². The number of hydrogen-bond donors (Lipinski definition) is 1. The Morgan fingerprint density at radius 1 is 1.03 bits per heavy atom. The number of piperidine rings is 1. The number of likely N-dealkylation sites (tertiary alicyclic amines) is 1. The first kappa shape index (κ1) is 20.7. The van der Waals surface area contributed by atoms with Crippen LogP contribution in [0.15, 0.2) is 54.6 Å². The molecule has 2 amide bonds. The Hall–Kier alpha value is -3.55. The van der Waals surface area contributed by atoms with Crippen LogP contribution in [0, 0.1) is 0 Å². The monoisotopic (exact) mass is 423 g/mol. The zero-order valence-electron chi connectivity index (χ0n) is 17.4. The lowest BCUT2D eigenvalue weighted by molar-refractivity contribution is -0.134. The van der Waals surface area contributed by atoms with Gasteiger partial charge < -0.3 is 24.5 Å². The maximum absolute atomic E-state index is 13.6. The first-order chi connectivity index (χ1) is 14.9. The summed E-state index contributed by atoms with van der Waals surface area (Å²) in [4.78, 5) is 41.9. The fourth-order valence-electron chi connectivity index (χ4n) is 4.47. The van der Waals surface area contributed by atoms with E-state index in [1.807, 2.05) is 42.5 Å². The molecule has 0 aliphatic carbocycles. The Bertz CT molecular complexity index is 968. The molecule has 2 aliphatic rings. The minimum absolute atomic E-state index is 0.0124. The summed E-state index contributed by atoms with van der Waals surface area (Å²) in [5, 5.41) is 9.33. The van der Waals surface area contributed by atoms with Crippen LogP contribution in [-0.2, 0) is 16.1 Å². The summed E-state index contributed by atoms with van der Waals surface area (Å²) in [6, 6.07) is 16.8. The minimum Gasteiger partial charge on any atom is -0.465 e. The molecule has 162 valence electrons. The van der Waals surface area contributed by atoms with E-state index in [0.29, 0.717) is 44.7 Å². The van der Waals surface area contributed by atoms with E-state index in [1.54, 1.807) is 17.0 Å². The van der Waals surface area contributed by atoms with Gasteiger partial charge in [-0.1, -0.05) is 30.3 Å². The highest BCUT2D eigenvalue weighted by atomic mass is 16.5. The van der Waals surface area contributed by atoms with Gasteiger partial charge in [0, 0.05) is 25.3 Å². The smallest absolute Gasteiger partial charge is 0.407 e. The van der Waals surface area contributed by atoms with E-state index >= 15 is 0 Å². The van der Waals surface area contributed by atoms with E-state index in [9.17, 15) is 19.5 Å². The fourth-order valence-corrected chi connectivity index (χ4v) is 4.47. The van der Waals surface area contributed by atoms with Gasteiger partial charge in [-0.15, -0.1) is 0 Å². The number of rotatable bonds is 4. The number of carbonyl (C=O) groups excluding carboxylic acids is 2. The van der Waals surface area contributed by atoms with Gasteiger partial charge in [-0.05, 0) is 42.7 Å². The Balaban J connectivity index is 1.58. The van der Waals surface area contributed by atoms with Crippen molar-refractivity contribution in [3.63, 3.8) is 0 Å². The van der Waals surface area contributed by atoms with Gasteiger partial charge in [-0.2, -0.15) is 0 Å². The van der Waals surface area contributed by atoms with Crippen molar-refractivity contribution >= 4 is 23.7 Å². The molecule has 2 fully saturated rings. The SMILES string of the molecule is COC(=O)c1ccc(CN2CN(c3ccccc3)C3(CCN(C(=O)O)CC3)C2=O)cc1. The highest BCUT2D eigenvalue weighted by molar-refractivity contribution is 5.94. The lowest BCUT2D eigenvalue weighted by atomic mass is 9.85. The molecule has 4 rings (SSSR count). The van der Waals surface area contributed by atoms with Gasteiger partial charge in [-0.25, -0.2) is 9.59 Å². The highest BCUT2D eigenvalue weighted by Crippen LogP contribution is 2.40. The predicted octanol–water partition coefficient (Wildman–Crippen LogP) is 2.79. The first-order valence-corrected chi connectivity index (χ1v) is 10.2. The third kappa shape index (κ3) is 3.81. The highest BCUT2D eigenvalue weighted by Gasteiger charge is 2.54. The molecule has 31 heavy (non-hydrogen) atoms. The molecule has 0 radical (unpaired) electrons. The van der Waals surface area contributed by atoms with Crippen LogP contribution in [0.3, 0.4) is 0 Å². The lowest BCUT2D eigenvalue weighted by Gasteiger charge is -2.42. The van der Waals surface area contributed by atoms with E-state index in [1.165, 1.54) is 12.0 Å². The van der Waals surface area contributed by atoms with Crippen molar-refractivity contribution < 1.29 is 24.2 Å². The quantitative estimate of drug-likeness (QED) is 0.761. The van der Waals surface area contributed by atoms with Crippen molar-refractivity contribution in [3.8, 4) is 0 Å². The molecular weight excluding hydrogens is 398 g/mol. The molecule has 1 spiro atoms. The van der Waals surface area contributed by atoms with E-state index in [-0.39, 0.29) is 5.91 Å². The summed E-state index contributed by atoms with van der Waals surface area (Å²) >= 11 is 0. The lowest BCUT2D eigenvalue weighted by Crippen LogP contribution is -2.57. The van der Waals surface area contributed by atoms with Crippen LogP contribution in [-0.4, -0.2) is 65.3 Å². The molecule has 8 heteroatoms. The second-order valence-corrected chi connectivity index (χ2v) is 7.90. The first-order valence-electron chi connectivity index (χ1n) is 10.2. The summed E-state index contributed by atoms with van der Waals surface area (Å²) in [5.74, 6) is -0.387. The average molecular weight is 423 g/mol. The number of carboxylic acid groups (broad SMARTS) is 1. The molecule has 2 aromatic rings. The number of anilines is 1. The van der Waals surface area contributed by atoms with Gasteiger partial charge in [0.15, 0.2) is 0 Å². The van der Waals surface area contributed by atoms with Gasteiger partial charge in [-0.3, -0.25) is 4.79 Å². The van der Waals surface area contributed by atoms with Gasteiger partial charge in [0.2, 0.25) is 5.91 Å². The minimum atomic E-state index is -0.950. The molecule has 2 heterocycles. The van der Waals surface area contributed by atoms with Crippen molar-refractivity contribution in [2.75, 3.05) is 31.8 Å². The van der Waals surface area contributed by atoms with Crippen LogP contribution in [0.2, 0.25) is 0 Å². The third-order valence-electron chi connectivity index (χ3n) is 6.19. The molecule has 0 atom stereocenters. The second-order valence-electron chi connectivity index (χ2n) is 7.90. The van der Waals surface area contributed by atoms with Crippen LogP contribution in [0.5, 0.6) is 0 Å². The van der Waals surface area contributed by atoms with Crippen molar-refractivity contribution in [2.45, 2.75) is 24.9 Å². The summed E-state index contributed by atoms with van der Waals surface area (Å²) < 4.78 is 4.73. The molecule has 0 aromatic heterocycles. The maximum Gasteiger partial charge on any atom is 0.407 e. The number of hydrogen-bond acceptors (Lipinski definition) is 5. The Morgan fingerprint density at radius 2 is 1.68 bits per heavy atom. The number of esters is 1. The standard InChI is InChI=1S/C23H25N3O5/c1-31-20(27)18-9-7-17(8-10-18)15-25-16-26(19-5-3-2-4-6-19)23(21(25)28)11-13-24(14-12-23)22(29)30/h2-10H,11-16H2,1H3,(H,29,30). The maximum atomic E-state index is 13.6. The summed E-state index contributed by atoms with van der Waals surface area (Å²) in [7, 11) is 1.34. The molecule has 2 aromatic carbocycles. The number of para-hydroxylation sites is 1. The van der Waals surface area contributed by atoms with Gasteiger partial charge >= 0.3 is 12.1 Å². The summed E-state index contributed by atoms with van der Waals surface area (Å²) in [6.07, 6.45) is -0.0515. The molecule has 0 unspecified atom stereocenters. The zero-order chi connectivity index (χ0) is 22.0. The molecule has 0 bridgehead atoms. The number of ether oxygens (including phenoxy) is 1. The fraction of sp³-hybridized carbons (Fsp3) is 0.348. The van der Waals surface area contributed by atoms with Crippen LogP contribution in [0.25, 0.3) is 0 Å². The number of amides is 2. The van der Waals surface area contributed by atoms with Crippen molar-refractivity contribution in [1.29, 1.82) is 0 Å². The normalized spacial score (nSPS) is 17.8. The topological polar surface area (TPSA) is 90.4 Å². The van der Waals surface area contributed by atoms with E-state index in [4.69, 9.17) is 4.74 Å².